The molecule has 1 N–H and O–H groups in total. The molecule has 5 rings (SSSR count). The first-order chi connectivity index (χ1) is 16.5. The zero-order valence-electron chi connectivity index (χ0n) is 18.8. The van der Waals surface area contributed by atoms with E-state index >= 15 is 0 Å². The van der Waals surface area contributed by atoms with E-state index in [4.69, 9.17) is 21.3 Å². The molecule has 2 aromatic heterocycles. The number of aromatic amines is 1. The molecule has 0 spiro atoms. The summed E-state index contributed by atoms with van der Waals surface area (Å²) in [7, 11) is 0. The number of H-pyrrole nitrogens is 1. The van der Waals surface area contributed by atoms with E-state index in [9.17, 15) is 9.59 Å². The highest BCUT2D eigenvalue weighted by molar-refractivity contribution is 6.30. The third kappa shape index (κ3) is 4.43. The number of hydrogen-bond acceptors (Lipinski definition) is 4. The normalized spacial score (nSPS) is 14.5. The minimum atomic E-state index is -0.308. The molecule has 174 valence electrons. The fraction of sp³-hybridized carbons (Fsp3) is 0.269. The maximum atomic E-state index is 12.9. The van der Waals surface area contributed by atoms with Crippen LogP contribution >= 0.6 is 11.6 Å². The Kier molecular flexibility index (Phi) is 6.11. The van der Waals surface area contributed by atoms with Gasteiger partial charge in [-0.05, 0) is 43.0 Å². The van der Waals surface area contributed by atoms with Crippen LogP contribution in [0.2, 0.25) is 5.02 Å². The topological polar surface area (TPSA) is 79.7 Å². The van der Waals surface area contributed by atoms with Gasteiger partial charge in [0, 0.05) is 41.4 Å². The number of aryl methyl sites for hydroxylation is 1. The first-order valence-corrected chi connectivity index (χ1v) is 11.7. The molecule has 1 aliphatic heterocycles. The molecule has 1 saturated heterocycles. The third-order valence-corrected chi connectivity index (χ3v) is 6.58. The third-order valence-electron chi connectivity index (χ3n) is 6.33. The van der Waals surface area contributed by atoms with E-state index in [1.807, 2.05) is 61.5 Å². The van der Waals surface area contributed by atoms with Gasteiger partial charge in [-0.15, -0.1) is 0 Å². The van der Waals surface area contributed by atoms with Crippen LogP contribution in [0, 0.1) is 6.92 Å². The summed E-state index contributed by atoms with van der Waals surface area (Å²) in [5.41, 5.74) is 4.87. The molecular formula is C26H25ClN4O3. The quantitative estimate of drug-likeness (QED) is 0.440. The predicted molar refractivity (Wildman–Crippen MR) is 131 cm³/mol. The number of ether oxygens (including phenoxy) is 1. The number of halogens is 1. The minimum Gasteiger partial charge on any atom is -0.445 e. The zero-order chi connectivity index (χ0) is 23.7. The van der Waals surface area contributed by atoms with Crippen LogP contribution in [0.3, 0.4) is 0 Å². The Morgan fingerprint density at radius 2 is 1.82 bits per heavy atom. The summed E-state index contributed by atoms with van der Waals surface area (Å²) in [5, 5.41) is 3.78. The predicted octanol–water partition coefficient (Wildman–Crippen LogP) is 5.17. The first-order valence-electron chi connectivity index (χ1n) is 11.3. The van der Waals surface area contributed by atoms with Crippen LogP contribution in [-0.4, -0.2) is 38.7 Å². The number of fused-ring (bicyclic) bond motifs is 1. The summed E-state index contributed by atoms with van der Waals surface area (Å²) in [6.07, 6.45) is 1.14. The second-order valence-corrected chi connectivity index (χ2v) is 9.03. The highest BCUT2D eigenvalue weighted by Crippen LogP contribution is 2.31. The lowest BCUT2D eigenvalue weighted by molar-refractivity contribution is 0.0868. The van der Waals surface area contributed by atoms with Crippen LogP contribution < -0.4 is 5.56 Å². The lowest BCUT2D eigenvalue weighted by Gasteiger charge is -2.31. The molecule has 1 aliphatic rings. The van der Waals surface area contributed by atoms with Crippen LogP contribution in [-0.2, 0) is 11.3 Å². The molecule has 2 aromatic carbocycles. The fourth-order valence-corrected chi connectivity index (χ4v) is 4.63. The Balaban J connectivity index is 1.32. The molecule has 0 atom stereocenters. The van der Waals surface area contributed by atoms with E-state index in [0.29, 0.717) is 23.8 Å². The number of nitrogens with zero attached hydrogens (tertiary/aromatic N) is 3. The van der Waals surface area contributed by atoms with Crippen LogP contribution in [0.15, 0.2) is 65.5 Å². The average molecular weight is 477 g/mol. The van der Waals surface area contributed by atoms with Crippen molar-refractivity contribution < 1.29 is 9.53 Å². The van der Waals surface area contributed by atoms with Gasteiger partial charge in [0.05, 0.1) is 5.69 Å². The summed E-state index contributed by atoms with van der Waals surface area (Å²) in [6.45, 7) is 3.32. The van der Waals surface area contributed by atoms with Crippen LogP contribution in [0.25, 0.3) is 16.8 Å². The van der Waals surface area contributed by atoms with Crippen molar-refractivity contribution in [3.63, 3.8) is 0 Å². The Labute approximate surface area is 201 Å². The maximum Gasteiger partial charge on any atom is 0.410 e. The van der Waals surface area contributed by atoms with E-state index in [1.54, 1.807) is 11.0 Å². The molecule has 1 fully saturated rings. The summed E-state index contributed by atoms with van der Waals surface area (Å²) >= 11 is 6.05. The summed E-state index contributed by atoms with van der Waals surface area (Å²) in [6, 6.07) is 18.7. The van der Waals surface area contributed by atoms with E-state index < -0.39 is 0 Å². The van der Waals surface area contributed by atoms with Gasteiger partial charge in [0.1, 0.15) is 6.61 Å². The monoisotopic (exact) mass is 476 g/mol. The van der Waals surface area contributed by atoms with Gasteiger partial charge in [-0.1, -0.05) is 54.1 Å². The number of rotatable bonds is 4. The number of carbonyl (C=O) groups excluding carboxylic acids is 1. The Morgan fingerprint density at radius 3 is 2.53 bits per heavy atom. The largest absolute Gasteiger partial charge is 0.445 e. The Hall–Kier alpha value is -3.58. The number of benzene rings is 2. The van der Waals surface area contributed by atoms with Crippen molar-refractivity contribution >= 4 is 23.3 Å². The van der Waals surface area contributed by atoms with Crippen molar-refractivity contribution in [1.29, 1.82) is 0 Å². The summed E-state index contributed by atoms with van der Waals surface area (Å²) in [5.74, 6) is 0.101. The molecule has 4 aromatic rings. The van der Waals surface area contributed by atoms with Crippen molar-refractivity contribution in [2.45, 2.75) is 32.3 Å². The number of hydrogen-bond donors (Lipinski definition) is 1. The lowest BCUT2D eigenvalue weighted by atomic mass is 9.93. The minimum absolute atomic E-state index is 0.101. The zero-order valence-corrected chi connectivity index (χ0v) is 19.6. The molecule has 3 heterocycles. The summed E-state index contributed by atoms with van der Waals surface area (Å²) in [4.78, 5) is 32.0. The van der Waals surface area contributed by atoms with Crippen LogP contribution in [0.1, 0.15) is 35.7 Å². The summed E-state index contributed by atoms with van der Waals surface area (Å²) < 4.78 is 6.95. The maximum absolute atomic E-state index is 12.9. The molecule has 0 saturated carbocycles. The number of nitrogens with one attached hydrogen (secondary N) is 1. The molecule has 7 nitrogen and oxygen atoms in total. The number of aromatic nitrogens is 3. The number of carbonyl (C=O) groups is 1. The Bertz CT molecular complexity index is 1370. The molecule has 8 heteroatoms. The van der Waals surface area contributed by atoms with Crippen molar-refractivity contribution in [3.8, 4) is 11.1 Å². The van der Waals surface area contributed by atoms with Gasteiger partial charge in [-0.3, -0.25) is 9.89 Å². The highest BCUT2D eigenvalue weighted by Gasteiger charge is 2.27. The van der Waals surface area contributed by atoms with E-state index in [0.717, 1.165) is 40.9 Å². The van der Waals surface area contributed by atoms with Gasteiger partial charge in [0.15, 0.2) is 5.65 Å². The van der Waals surface area contributed by atoms with Crippen LogP contribution in [0.5, 0.6) is 0 Å². The molecule has 1 amide bonds. The first kappa shape index (κ1) is 22.2. The second-order valence-electron chi connectivity index (χ2n) is 8.60. The average Bonchev–Trinajstić information content (AvgIpc) is 3.20. The van der Waals surface area contributed by atoms with Gasteiger partial charge in [-0.2, -0.15) is 0 Å². The van der Waals surface area contributed by atoms with Gasteiger partial charge in [0.25, 0.3) is 5.56 Å². The van der Waals surface area contributed by atoms with Crippen molar-refractivity contribution in [1.82, 2.24) is 19.5 Å². The van der Waals surface area contributed by atoms with Gasteiger partial charge in [0.2, 0.25) is 0 Å². The smallest absolute Gasteiger partial charge is 0.410 e. The molecule has 0 aliphatic carbocycles. The van der Waals surface area contributed by atoms with E-state index in [1.165, 1.54) is 4.52 Å². The molecule has 0 unspecified atom stereocenters. The van der Waals surface area contributed by atoms with Gasteiger partial charge in [-0.25, -0.2) is 14.3 Å². The fourth-order valence-electron chi connectivity index (χ4n) is 4.51. The van der Waals surface area contributed by atoms with Crippen molar-refractivity contribution in [2.24, 2.45) is 0 Å². The molecular weight excluding hydrogens is 452 g/mol. The second kappa shape index (κ2) is 9.35. The number of amides is 1. The van der Waals surface area contributed by atoms with E-state index in [-0.39, 0.29) is 24.2 Å². The van der Waals surface area contributed by atoms with Crippen LogP contribution in [0.4, 0.5) is 4.79 Å². The molecule has 34 heavy (non-hydrogen) atoms. The molecule has 0 bridgehead atoms. The standard InChI is InChI=1S/C26H25ClN4O3/c1-17-24(20-7-9-21(27)10-8-20)25-28-22(15-23(32)31(25)29-17)19-11-13-30(14-12-19)26(33)34-16-18-5-3-2-4-6-18/h2-10,15,19,29H,11-14,16H2,1H3. The van der Waals surface area contributed by atoms with Crippen molar-refractivity contribution in [2.75, 3.05) is 13.1 Å². The lowest BCUT2D eigenvalue weighted by Crippen LogP contribution is -2.38. The number of piperidine rings is 1. The molecule has 0 radical (unpaired) electrons. The van der Waals surface area contributed by atoms with E-state index in [2.05, 4.69) is 5.10 Å². The number of likely N-dealkylation sites (tertiary alicyclic amines) is 1. The SMILES string of the molecule is Cc1[nH]n2c(=O)cc(C3CCN(C(=O)OCc4ccccc4)CC3)nc2c1-c1ccc(Cl)cc1. The van der Waals surface area contributed by atoms with Gasteiger partial charge < -0.3 is 9.64 Å². The van der Waals surface area contributed by atoms with Gasteiger partial charge >= 0.3 is 6.09 Å². The van der Waals surface area contributed by atoms with Crippen molar-refractivity contribution in [3.05, 3.63) is 93.0 Å². The Morgan fingerprint density at radius 1 is 1.12 bits per heavy atom. The highest BCUT2D eigenvalue weighted by atomic mass is 35.5.